The van der Waals surface area contributed by atoms with Gasteiger partial charge in [0.25, 0.3) is 0 Å². The van der Waals surface area contributed by atoms with Gasteiger partial charge in [-0.1, -0.05) is 34.1 Å². The van der Waals surface area contributed by atoms with Gasteiger partial charge in [-0.3, -0.25) is 5.32 Å². The summed E-state index contributed by atoms with van der Waals surface area (Å²) in [5.41, 5.74) is 3.46. The van der Waals surface area contributed by atoms with Gasteiger partial charge in [0.05, 0.1) is 0 Å². The lowest BCUT2D eigenvalue weighted by atomic mass is 10.0. The molecule has 2 aromatic rings. The van der Waals surface area contributed by atoms with Gasteiger partial charge >= 0.3 is 6.03 Å². The second kappa shape index (κ2) is 5.85. The summed E-state index contributed by atoms with van der Waals surface area (Å²) in [5, 5.41) is 2.89. The van der Waals surface area contributed by atoms with Gasteiger partial charge in [-0.25, -0.2) is 9.78 Å². The van der Waals surface area contributed by atoms with E-state index in [1.165, 1.54) is 11.1 Å². The average molecular weight is 346 g/mol. The summed E-state index contributed by atoms with van der Waals surface area (Å²) in [5.74, 6) is 0.627. The number of fused-ring (bicyclic) bond motifs is 1. The molecule has 0 bridgehead atoms. The molecule has 1 aromatic carbocycles. The number of nitrogens with one attached hydrogen (secondary N) is 1. The molecule has 0 unspecified atom stereocenters. The number of benzene rings is 1. The van der Waals surface area contributed by atoms with Crippen LogP contribution in [0.15, 0.2) is 41.0 Å². The summed E-state index contributed by atoms with van der Waals surface area (Å²) < 4.78 is 1.13. The first-order chi connectivity index (χ1) is 10.1. The van der Waals surface area contributed by atoms with Crippen LogP contribution in [0.3, 0.4) is 0 Å². The molecule has 0 fully saturated rings. The highest BCUT2D eigenvalue weighted by molar-refractivity contribution is 9.10. The third kappa shape index (κ3) is 2.93. The van der Waals surface area contributed by atoms with Crippen molar-refractivity contribution in [3.63, 3.8) is 0 Å². The minimum Gasteiger partial charge on any atom is -0.320 e. The topological polar surface area (TPSA) is 45.2 Å². The quantitative estimate of drug-likeness (QED) is 0.855. The Balaban J connectivity index is 1.74. The van der Waals surface area contributed by atoms with Crippen LogP contribution in [0.5, 0.6) is 0 Å². The first-order valence-corrected chi connectivity index (χ1v) is 7.68. The van der Waals surface area contributed by atoms with E-state index in [0.29, 0.717) is 18.9 Å². The molecule has 0 saturated carbocycles. The van der Waals surface area contributed by atoms with Crippen LogP contribution in [0.2, 0.25) is 0 Å². The lowest BCUT2D eigenvalue weighted by molar-refractivity contribution is 0.206. The number of aryl methyl sites for hydroxylation is 1. The van der Waals surface area contributed by atoms with Crippen molar-refractivity contribution in [3.8, 4) is 0 Å². The van der Waals surface area contributed by atoms with Gasteiger partial charge in [0, 0.05) is 23.8 Å². The maximum Gasteiger partial charge on any atom is 0.323 e. The number of amides is 2. The molecule has 1 aliphatic heterocycles. The third-order valence-electron chi connectivity index (χ3n) is 3.73. The fraction of sp³-hybridized carbons (Fsp3) is 0.250. The molecule has 21 heavy (non-hydrogen) atoms. The van der Waals surface area contributed by atoms with Crippen molar-refractivity contribution in [2.24, 2.45) is 0 Å². The highest BCUT2D eigenvalue weighted by atomic mass is 79.9. The van der Waals surface area contributed by atoms with Crippen LogP contribution in [0.4, 0.5) is 10.6 Å². The van der Waals surface area contributed by atoms with E-state index in [1.54, 1.807) is 6.20 Å². The Kier molecular flexibility index (Phi) is 3.92. The Morgan fingerprint density at radius 2 is 2.19 bits per heavy atom. The number of carbonyl (C=O) groups is 1. The Labute approximate surface area is 132 Å². The molecule has 0 spiro atoms. The maximum atomic E-state index is 12.4. The summed E-state index contributed by atoms with van der Waals surface area (Å²) in [6.07, 6.45) is 2.55. The van der Waals surface area contributed by atoms with Gasteiger partial charge in [0.15, 0.2) is 0 Å². The lowest BCUT2D eigenvalue weighted by Gasteiger charge is -2.29. The van der Waals surface area contributed by atoms with Gasteiger partial charge in [0.2, 0.25) is 0 Å². The number of nitrogens with zero attached hydrogens (tertiary/aromatic N) is 2. The second-order valence-corrected chi connectivity index (χ2v) is 6.00. The Morgan fingerprint density at radius 1 is 1.33 bits per heavy atom. The molecule has 0 saturated heterocycles. The van der Waals surface area contributed by atoms with Crippen molar-refractivity contribution in [1.29, 1.82) is 0 Å². The van der Waals surface area contributed by atoms with Gasteiger partial charge in [-0.2, -0.15) is 0 Å². The van der Waals surface area contributed by atoms with E-state index in [4.69, 9.17) is 0 Å². The van der Waals surface area contributed by atoms with Crippen LogP contribution in [0.1, 0.15) is 16.7 Å². The molecule has 108 valence electrons. The van der Waals surface area contributed by atoms with Crippen LogP contribution in [0, 0.1) is 6.92 Å². The first kappa shape index (κ1) is 14.1. The van der Waals surface area contributed by atoms with Crippen molar-refractivity contribution in [1.82, 2.24) is 9.88 Å². The molecule has 0 radical (unpaired) electrons. The number of halogens is 1. The molecule has 0 atom stereocenters. The molecular weight excluding hydrogens is 330 g/mol. The summed E-state index contributed by atoms with van der Waals surface area (Å²) >= 11 is 3.57. The van der Waals surface area contributed by atoms with Crippen molar-refractivity contribution in [2.45, 2.75) is 19.9 Å². The van der Waals surface area contributed by atoms with Crippen molar-refractivity contribution in [3.05, 3.63) is 57.7 Å². The van der Waals surface area contributed by atoms with E-state index in [2.05, 4.69) is 32.3 Å². The minimum absolute atomic E-state index is 0.0950. The van der Waals surface area contributed by atoms with E-state index in [-0.39, 0.29) is 6.03 Å². The minimum atomic E-state index is -0.0950. The van der Waals surface area contributed by atoms with Crippen molar-refractivity contribution in [2.75, 3.05) is 11.9 Å². The first-order valence-electron chi connectivity index (χ1n) is 6.89. The molecule has 1 aliphatic rings. The van der Waals surface area contributed by atoms with E-state index in [0.717, 1.165) is 16.5 Å². The number of carbonyl (C=O) groups excluding carboxylic acids is 1. The number of hydrogen-bond donors (Lipinski definition) is 1. The van der Waals surface area contributed by atoms with Crippen LogP contribution in [-0.2, 0) is 13.0 Å². The average Bonchev–Trinajstić information content (AvgIpc) is 2.49. The number of anilines is 1. The molecule has 2 heterocycles. The Bertz CT molecular complexity index is 687. The van der Waals surface area contributed by atoms with E-state index in [9.17, 15) is 4.79 Å². The zero-order valence-corrected chi connectivity index (χ0v) is 13.4. The summed E-state index contributed by atoms with van der Waals surface area (Å²) in [4.78, 5) is 18.4. The smallest absolute Gasteiger partial charge is 0.320 e. The number of rotatable bonds is 1. The predicted molar refractivity (Wildman–Crippen MR) is 86.2 cm³/mol. The molecule has 4 nitrogen and oxygen atoms in total. The molecule has 5 heteroatoms. The van der Waals surface area contributed by atoms with Crippen LogP contribution in [0.25, 0.3) is 0 Å². The summed E-state index contributed by atoms with van der Waals surface area (Å²) in [6.45, 7) is 3.28. The molecule has 0 aliphatic carbocycles. The molecule has 1 aromatic heterocycles. The highest BCUT2D eigenvalue weighted by Crippen LogP contribution is 2.26. The SMILES string of the molecule is Cc1cccnc1NC(=O)N1CCc2c(Br)cccc2C1. The molecule has 3 rings (SSSR count). The zero-order chi connectivity index (χ0) is 14.8. The lowest BCUT2D eigenvalue weighted by Crippen LogP contribution is -2.39. The largest absolute Gasteiger partial charge is 0.323 e. The van der Waals surface area contributed by atoms with Crippen LogP contribution in [-0.4, -0.2) is 22.5 Å². The zero-order valence-electron chi connectivity index (χ0n) is 11.8. The maximum absolute atomic E-state index is 12.4. The van der Waals surface area contributed by atoms with E-state index in [1.807, 2.05) is 36.1 Å². The standard InChI is InChI=1S/C16H16BrN3O/c1-11-4-3-8-18-15(11)19-16(21)20-9-7-13-12(10-20)5-2-6-14(13)17/h2-6,8H,7,9-10H2,1H3,(H,18,19,21). The summed E-state index contributed by atoms with van der Waals surface area (Å²) in [7, 11) is 0. The van der Waals surface area contributed by atoms with Gasteiger partial charge in [-0.15, -0.1) is 0 Å². The fourth-order valence-electron chi connectivity index (χ4n) is 2.53. The Hall–Kier alpha value is -1.88. The van der Waals surface area contributed by atoms with Gasteiger partial charge < -0.3 is 4.90 Å². The van der Waals surface area contributed by atoms with E-state index < -0.39 is 0 Å². The molecular formula is C16H16BrN3O. The fourth-order valence-corrected chi connectivity index (χ4v) is 3.14. The normalized spacial score (nSPS) is 13.7. The third-order valence-corrected chi connectivity index (χ3v) is 4.47. The monoisotopic (exact) mass is 345 g/mol. The summed E-state index contributed by atoms with van der Waals surface area (Å²) in [6, 6.07) is 9.83. The number of pyridine rings is 1. The number of urea groups is 1. The van der Waals surface area contributed by atoms with Gasteiger partial charge in [0.1, 0.15) is 5.82 Å². The Morgan fingerprint density at radius 3 is 3.00 bits per heavy atom. The molecule has 1 N–H and O–H groups in total. The second-order valence-electron chi connectivity index (χ2n) is 5.15. The molecule has 2 amide bonds. The van der Waals surface area contributed by atoms with Crippen molar-refractivity contribution < 1.29 is 4.79 Å². The number of hydrogen-bond acceptors (Lipinski definition) is 2. The van der Waals surface area contributed by atoms with Crippen LogP contribution < -0.4 is 5.32 Å². The van der Waals surface area contributed by atoms with E-state index >= 15 is 0 Å². The predicted octanol–water partition coefficient (Wildman–Crippen LogP) is 3.74. The number of aromatic nitrogens is 1. The van der Waals surface area contributed by atoms with Gasteiger partial charge in [-0.05, 0) is 42.2 Å². The van der Waals surface area contributed by atoms with Crippen LogP contribution >= 0.6 is 15.9 Å². The highest BCUT2D eigenvalue weighted by Gasteiger charge is 2.22. The van der Waals surface area contributed by atoms with Crippen molar-refractivity contribution >= 4 is 27.8 Å².